The summed E-state index contributed by atoms with van der Waals surface area (Å²) in [4.78, 5) is 0. The van der Waals surface area contributed by atoms with Crippen LogP contribution < -0.4 is 20.5 Å². The van der Waals surface area contributed by atoms with E-state index in [-0.39, 0.29) is 0 Å². The Morgan fingerprint density at radius 2 is 1.03 bits per heavy atom. The van der Waals surface area contributed by atoms with E-state index >= 15 is 0 Å². The van der Waals surface area contributed by atoms with Gasteiger partial charge in [-0.2, -0.15) is 0 Å². The van der Waals surface area contributed by atoms with Crippen LogP contribution in [0.5, 0.6) is 11.5 Å². The highest BCUT2D eigenvalue weighted by Crippen LogP contribution is 2.24. The lowest BCUT2D eigenvalue weighted by molar-refractivity contribution is 0.289. The highest BCUT2D eigenvalue weighted by atomic mass is 16.5. The fraction of sp³-hybridized carbons (Fsp3) is 0.793. The second-order valence-electron chi connectivity index (χ2n) is 9.42. The Balaban J connectivity index is 2.33. The molecule has 1 aromatic carbocycles. The summed E-state index contributed by atoms with van der Waals surface area (Å²) in [5.41, 5.74) is 6.82. The first-order valence-corrected chi connectivity index (χ1v) is 14.1. The van der Waals surface area contributed by atoms with Crippen LogP contribution in [-0.4, -0.2) is 26.3 Å². The van der Waals surface area contributed by atoms with Gasteiger partial charge in [-0.25, -0.2) is 0 Å². The average Bonchev–Trinajstić information content (AvgIpc) is 2.82. The maximum Gasteiger partial charge on any atom is 0.123 e. The van der Waals surface area contributed by atoms with Gasteiger partial charge in [-0.3, -0.25) is 0 Å². The van der Waals surface area contributed by atoms with Crippen LogP contribution in [0.4, 0.5) is 0 Å². The van der Waals surface area contributed by atoms with Crippen molar-refractivity contribution >= 4 is 0 Å². The van der Waals surface area contributed by atoms with Gasteiger partial charge in [-0.05, 0) is 30.5 Å². The minimum Gasteiger partial charge on any atom is -0.493 e. The van der Waals surface area contributed by atoms with Crippen molar-refractivity contribution in [3.05, 3.63) is 23.8 Å². The quantitative estimate of drug-likeness (QED) is 0.154. The predicted molar refractivity (Wildman–Crippen MR) is 143 cm³/mol. The Kier molecular flexibility index (Phi) is 20.3. The van der Waals surface area contributed by atoms with E-state index in [9.17, 15) is 0 Å². The van der Waals surface area contributed by atoms with Gasteiger partial charge in [-0.1, -0.05) is 104 Å². The average molecular weight is 463 g/mol. The molecule has 0 fully saturated rings. The van der Waals surface area contributed by atoms with Crippen LogP contribution in [0.2, 0.25) is 0 Å². The van der Waals surface area contributed by atoms with Crippen molar-refractivity contribution in [3.8, 4) is 11.5 Å². The van der Waals surface area contributed by atoms with Crippen LogP contribution >= 0.6 is 0 Å². The molecule has 1 aromatic rings. The van der Waals surface area contributed by atoms with E-state index in [0.29, 0.717) is 6.54 Å². The summed E-state index contributed by atoms with van der Waals surface area (Å²) < 4.78 is 12.2. The molecule has 0 heterocycles. The zero-order valence-electron chi connectivity index (χ0n) is 22.0. The Morgan fingerprint density at radius 3 is 1.45 bits per heavy atom. The molecular weight excluding hydrogens is 408 g/mol. The van der Waals surface area contributed by atoms with Gasteiger partial charge in [0, 0.05) is 25.7 Å². The molecule has 0 spiro atoms. The largest absolute Gasteiger partial charge is 0.493 e. The Labute approximate surface area is 205 Å². The second-order valence-corrected chi connectivity index (χ2v) is 9.42. The number of benzene rings is 1. The van der Waals surface area contributed by atoms with Crippen molar-refractivity contribution in [2.24, 2.45) is 5.73 Å². The maximum atomic E-state index is 6.10. The number of hydrogen-bond acceptors (Lipinski definition) is 4. The molecule has 33 heavy (non-hydrogen) atoms. The molecule has 0 aromatic heterocycles. The van der Waals surface area contributed by atoms with Gasteiger partial charge in [0.15, 0.2) is 0 Å². The highest BCUT2D eigenvalue weighted by molar-refractivity contribution is 5.38. The summed E-state index contributed by atoms with van der Waals surface area (Å²) in [6, 6.07) is 6.33. The summed E-state index contributed by atoms with van der Waals surface area (Å²) >= 11 is 0. The SMILES string of the molecule is CCCCCCCCCCOc1cc(CNCCN)cc(OCCCCCCCCCC)c1. The van der Waals surface area contributed by atoms with E-state index in [1.165, 1.54) is 95.5 Å². The van der Waals surface area contributed by atoms with Crippen LogP contribution in [0.3, 0.4) is 0 Å². The molecule has 0 aliphatic carbocycles. The van der Waals surface area contributed by atoms with E-state index in [4.69, 9.17) is 15.2 Å². The third kappa shape index (κ3) is 17.8. The topological polar surface area (TPSA) is 56.5 Å². The van der Waals surface area contributed by atoms with Crippen molar-refractivity contribution in [2.45, 2.75) is 123 Å². The molecule has 0 saturated heterocycles. The molecule has 0 bridgehead atoms. The van der Waals surface area contributed by atoms with E-state index in [2.05, 4.69) is 37.4 Å². The number of nitrogens with one attached hydrogen (secondary N) is 1. The Bertz CT molecular complexity index is 510. The fourth-order valence-corrected chi connectivity index (χ4v) is 4.09. The molecular formula is C29H54N2O2. The molecule has 1 rings (SSSR count). The standard InChI is InChI=1S/C29H54N2O2/c1-3-5-7-9-11-13-15-17-21-32-28-23-27(26-31-20-19-30)24-29(25-28)33-22-18-16-14-12-10-8-6-4-2/h23-25,31H,3-22,26,30H2,1-2H3. The molecule has 0 atom stereocenters. The lowest BCUT2D eigenvalue weighted by Gasteiger charge is -2.13. The monoisotopic (exact) mass is 462 g/mol. The number of hydrogen-bond donors (Lipinski definition) is 2. The number of rotatable bonds is 24. The van der Waals surface area contributed by atoms with E-state index in [1.54, 1.807) is 0 Å². The van der Waals surface area contributed by atoms with Crippen molar-refractivity contribution in [1.82, 2.24) is 5.32 Å². The van der Waals surface area contributed by atoms with E-state index in [0.717, 1.165) is 50.6 Å². The van der Waals surface area contributed by atoms with Gasteiger partial charge in [0.25, 0.3) is 0 Å². The van der Waals surface area contributed by atoms with Crippen molar-refractivity contribution in [2.75, 3.05) is 26.3 Å². The third-order valence-corrected chi connectivity index (χ3v) is 6.12. The molecule has 4 heteroatoms. The molecule has 0 aliphatic heterocycles. The minimum atomic E-state index is 0.649. The molecule has 0 aliphatic rings. The first kappa shape index (κ1) is 29.8. The Morgan fingerprint density at radius 1 is 0.606 bits per heavy atom. The molecule has 192 valence electrons. The van der Waals surface area contributed by atoms with Crippen LogP contribution in [0.1, 0.15) is 122 Å². The van der Waals surface area contributed by atoms with Crippen molar-refractivity contribution in [3.63, 3.8) is 0 Å². The molecule has 0 radical (unpaired) electrons. The lowest BCUT2D eigenvalue weighted by atomic mass is 10.1. The van der Waals surface area contributed by atoms with Gasteiger partial charge in [0.1, 0.15) is 11.5 Å². The van der Waals surface area contributed by atoms with Gasteiger partial charge in [0.05, 0.1) is 13.2 Å². The van der Waals surface area contributed by atoms with Gasteiger partial charge >= 0.3 is 0 Å². The zero-order valence-corrected chi connectivity index (χ0v) is 22.0. The molecule has 0 unspecified atom stereocenters. The number of ether oxygens (including phenoxy) is 2. The van der Waals surface area contributed by atoms with Gasteiger partial charge in [0.2, 0.25) is 0 Å². The predicted octanol–water partition coefficient (Wildman–Crippen LogP) is 7.77. The second kappa shape index (κ2) is 22.5. The normalized spacial score (nSPS) is 11.1. The summed E-state index contributed by atoms with van der Waals surface area (Å²) in [5, 5.41) is 3.38. The summed E-state index contributed by atoms with van der Waals surface area (Å²) in [6.45, 7) is 8.37. The van der Waals surface area contributed by atoms with Gasteiger partial charge < -0.3 is 20.5 Å². The van der Waals surface area contributed by atoms with Crippen LogP contribution in [0.25, 0.3) is 0 Å². The van der Waals surface area contributed by atoms with E-state index in [1.807, 2.05) is 0 Å². The summed E-state index contributed by atoms with van der Waals surface area (Å²) in [7, 11) is 0. The van der Waals surface area contributed by atoms with Gasteiger partial charge in [-0.15, -0.1) is 0 Å². The lowest BCUT2D eigenvalue weighted by Crippen LogP contribution is -2.21. The highest BCUT2D eigenvalue weighted by Gasteiger charge is 2.04. The van der Waals surface area contributed by atoms with Crippen molar-refractivity contribution < 1.29 is 9.47 Å². The fourth-order valence-electron chi connectivity index (χ4n) is 4.09. The molecule has 3 N–H and O–H groups in total. The number of nitrogens with two attached hydrogens (primary N) is 1. The third-order valence-electron chi connectivity index (χ3n) is 6.12. The van der Waals surface area contributed by atoms with E-state index < -0.39 is 0 Å². The smallest absolute Gasteiger partial charge is 0.123 e. The van der Waals surface area contributed by atoms with Crippen LogP contribution in [0.15, 0.2) is 18.2 Å². The Hall–Kier alpha value is -1.26. The zero-order chi connectivity index (χ0) is 23.8. The molecule has 4 nitrogen and oxygen atoms in total. The van der Waals surface area contributed by atoms with Crippen molar-refractivity contribution in [1.29, 1.82) is 0 Å². The van der Waals surface area contributed by atoms with Crippen LogP contribution in [0, 0.1) is 0 Å². The summed E-state index contributed by atoms with van der Waals surface area (Å²) in [5.74, 6) is 1.85. The maximum absolute atomic E-state index is 6.10. The first-order valence-electron chi connectivity index (χ1n) is 14.1. The number of unbranched alkanes of at least 4 members (excludes halogenated alkanes) is 14. The van der Waals surface area contributed by atoms with Crippen LogP contribution in [-0.2, 0) is 6.54 Å². The molecule has 0 saturated carbocycles. The minimum absolute atomic E-state index is 0.649. The molecule has 0 amide bonds. The summed E-state index contributed by atoms with van der Waals surface area (Å²) in [6.07, 6.45) is 21.1. The first-order chi connectivity index (χ1) is 16.3.